The summed E-state index contributed by atoms with van der Waals surface area (Å²) < 4.78 is 0. The van der Waals surface area contributed by atoms with Crippen LogP contribution >= 0.6 is 25.3 Å². The molecule has 7 heteroatoms. The van der Waals surface area contributed by atoms with Crippen LogP contribution in [0.5, 0.6) is 0 Å². The molecule has 5 nitrogen and oxygen atoms in total. The first kappa shape index (κ1) is 18.9. The summed E-state index contributed by atoms with van der Waals surface area (Å²) in [7, 11) is 0. The van der Waals surface area contributed by atoms with Gasteiger partial charge in [0, 0.05) is 5.56 Å². The predicted octanol–water partition coefficient (Wildman–Crippen LogP) is 2.46. The van der Waals surface area contributed by atoms with Gasteiger partial charge >= 0.3 is 5.24 Å². The van der Waals surface area contributed by atoms with Gasteiger partial charge in [-0.1, -0.05) is 69.4 Å². The topological polar surface area (TPSA) is 98.5 Å². The van der Waals surface area contributed by atoms with Crippen LogP contribution in [0.15, 0.2) is 35.3 Å². The summed E-state index contributed by atoms with van der Waals surface area (Å²) in [5, 5.41) is -1.23. The van der Waals surface area contributed by atoms with Crippen molar-refractivity contribution >= 4 is 41.6 Å². The molecule has 0 heterocycles. The molecular formula is C11H17N3O2S2. The fourth-order valence-electron chi connectivity index (χ4n) is 0.777. The number of nitrogens with zero attached hydrogens (tertiary/aromatic N) is 1. The second kappa shape index (κ2) is 12.0. The fourth-order valence-corrected chi connectivity index (χ4v) is 0.884. The van der Waals surface area contributed by atoms with Crippen molar-refractivity contribution in [1.29, 1.82) is 0 Å². The average Bonchev–Trinajstić information content (AvgIpc) is 2.31. The number of hydrogen-bond acceptors (Lipinski definition) is 2. The maximum Gasteiger partial charge on any atom is 0.303 e. The molecule has 0 atom stereocenters. The number of amidine groups is 1. The summed E-state index contributed by atoms with van der Waals surface area (Å²) >= 11 is 6.59. The first-order valence-electron chi connectivity index (χ1n) is 5.04. The van der Waals surface area contributed by atoms with E-state index in [4.69, 9.17) is 10.5 Å². The van der Waals surface area contributed by atoms with Crippen LogP contribution < -0.4 is 11.5 Å². The highest BCUT2D eigenvalue weighted by molar-refractivity contribution is 7.96. The molecule has 1 aromatic carbocycles. The molecule has 0 fully saturated rings. The number of nitrogens with two attached hydrogens (primary N) is 2. The van der Waals surface area contributed by atoms with Crippen LogP contribution in [0.1, 0.15) is 19.4 Å². The van der Waals surface area contributed by atoms with Gasteiger partial charge in [0.25, 0.3) is 5.24 Å². The lowest BCUT2D eigenvalue weighted by molar-refractivity contribution is 0.267. The molecule has 18 heavy (non-hydrogen) atoms. The van der Waals surface area contributed by atoms with Crippen LogP contribution in [-0.4, -0.2) is 16.3 Å². The van der Waals surface area contributed by atoms with Crippen LogP contribution in [0.25, 0.3) is 0 Å². The van der Waals surface area contributed by atoms with Gasteiger partial charge in [-0.15, -0.1) is 0 Å². The molecule has 0 unspecified atom stereocenters. The SMILES string of the molecule is CC.NC(=NC(=O)S)c1ccccc1.NC(=O)S. The zero-order valence-electron chi connectivity index (χ0n) is 10.2. The van der Waals surface area contributed by atoms with Gasteiger partial charge in [-0.3, -0.25) is 9.59 Å². The molecule has 0 aliphatic heterocycles. The highest BCUT2D eigenvalue weighted by atomic mass is 32.1. The highest BCUT2D eigenvalue weighted by Gasteiger charge is 1.97. The Labute approximate surface area is 117 Å². The summed E-state index contributed by atoms with van der Waals surface area (Å²) in [4.78, 5) is 23.0. The Morgan fingerprint density at radius 1 is 1.06 bits per heavy atom. The quantitative estimate of drug-likeness (QED) is 0.363. The van der Waals surface area contributed by atoms with Crippen LogP contribution in [-0.2, 0) is 0 Å². The Morgan fingerprint density at radius 3 is 1.78 bits per heavy atom. The molecule has 0 aromatic heterocycles. The summed E-state index contributed by atoms with van der Waals surface area (Å²) in [6.45, 7) is 4.00. The van der Waals surface area contributed by atoms with Gasteiger partial charge in [0.2, 0.25) is 0 Å². The molecule has 0 saturated carbocycles. The third kappa shape index (κ3) is 12.6. The minimum Gasteiger partial charge on any atom is -0.383 e. The van der Waals surface area contributed by atoms with Crippen molar-refractivity contribution in [2.45, 2.75) is 13.8 Å². The molecule has 0 aliphatic rings. The average molecular weight is 287 g/mol. The van der Waals surface area contributed by atoms with Crippen LogP contribution in [0.3, 0.4) is 0 Å². The van der Waals surface area contributed by atoms with Crippen molar-refractivity contribution in [2.24, 2.45) is 16.5 Å². The van der Waals surface area contributed by atoms with Gasteiger partial charge < -0.3 is 11.5 Å². The highest BCUT2D eigenvalue weighted by Crippen LogP contribution is 1.98. The largest absolute Gasteiger partial charge is 0.383 e. The third-order valence-corrected chi connectivity index (χ3v) is 1.39. The zero-order valence-corrected chi connectivity index (χ0v) is 12.0. The predicted molar refractivity (Wildman–Crippen MR) is 81.5 cm³/mol. The zero-order chi connectivity index (χ0) is 14.6. The Morgan fingerprint density at radius 2 is 1.44 bits per heavy atom. The minimum absolute atomic E-state index is 0.190. The Bertz CT molecular complexity index is 391. The van der Waals surface area contributed by atoms with Gasteiger partial charge in [-0.05, 0) is 0 Å². The standard InChI is InChI=1S/C8H8N2OS.C2H6.CH3NOS/c9-7(10-8(11)12)6-4-2-1-3-5-6;1-2;2-1(3)4/h1-5H,(H3,9,10,11,12);1-2H3;(H3,2,3,4). The maximum atomic E-state index is 10.4. The van der Waals surface area contributed by atoms with E-state index < -0.39 is 10.5 Å². The number of aliphatic imine (C=N–C) groups is 1. The van der Waals surface area contributed by atoms with Crippen LogP contribution in [0.2, 0.25) is 0 Å². The molecule has 100 valence electrons. The number of primary amides is 1. The first-order valence-corrected chi connectivity index (χ1v) is 5.94. The molecule has 0 bridgehead atoms. The number of rotatable bonds is 1. The molecule has 0 radical (unpaired) electrons. The van der Waals surface area contributed by atoms with E-state index >= 15 is 0 Å². The van der Waals surface area contributed by atoms with E-state index in [1.807, 2.05) is 32.0 Å². The minimum atomic E-state index is -0.639. The fraction of sp³-hybridized carbons (Fsp3) is 0.182. The maximum absolute atomic E-state index is 10.4. The first-order chi connectivity index (χ1) is 8.43. The van der Waals surface area contributed by atoms with Crippen LogP contribution in [0, 0.1) is 0 Å². The summed E-state index contributed by atoms with van der Waals surface area (Å²) in [6.07, 6.45) is 0. The monoisotopic (exact) mass is 287 g/mol. The molecule has 0 aliphatic carbocycles. The number of benzene rings is 1. The number of hydrogen-bond donors (Lipinski definition) is 4. The van der Waals surface area contributed by atoms with Crippen molar-refractivity contribution in [1.82, 2.24) is 0 Å². The normalized spacial score (nSPS) is 9.22. The molecule has 4 N–H and O–H groups in total. The van der Waals surface area contributed by atoms with E-state index in [9.17, 15) is 4.79 Å². The summed E-state index contributed by atoms with van der Waals surface area (Å²) in [6, 6.07) is 9.05. The van der Waals surface area contributed by atoms with Crippen molar-refractivity contribution in [3.63, 3.8) is 0 Å². The van der Waals surface area contributed by atoms with Crippen molar-refractivity contribution < 1.29 is 9.59 Å². The van der Waals surface area contributed by atoms with Gasteiger partial charge in [-0.25, -0.2) is 0 Å². The van der Waals surface area contributed by atoms with Gasteiger partial charge in [0.1, 0.15) is 5.84 Å². The third-order valence-electron chi connectivity index (χ3n) is 1.29. The molecule has 0 saturated heterocycles. The van der Waals surface area contributed by atoms with E-state index in [1.165, 1.54) is 0 Å². The second-order valence-electron chi connectivity index (χ2n) is 2.48. The molecule has 0 spiro atoms. The van der Waals surface area contributed by atoms with Crippen LogP contribution in [0.4, 0.5) is 9.59 Å². The Kier molecular flexibility index (Phi) is 12.6. The van der Waals surface area contributed by atoms with E-state index in [0.29, 0.717) is 0 Å². The number of amides is 2. The van der Waals surface area contributed by atoms with Crippen molar-refractivity contribution in [3.8, 4) is 0 Å². The summed E-state index contributed by atoms with van der Waals surface area (Å²) in [5.74, 6) is 0.190. The molecule has 2 amide bonds. The van der Waals surface area contributed by atoms with Gasteiger partial charge in [0.15, 0.2) is 0 Å². The number of thiol groups is 2. The lowest BCUT2D eigenvalue weighted by atomic mass is 10.2. The lowest BCUT2D eigenvalue weighted by Gasteiger charge is -1.96. The lowest BCUT2D eigenvalue weighted by Crippen LogP contribution is -2.13. The Balaban J connectivity index is 0. The smallest absolute Gasteiger partial charge is 0.303 e. The second-order valence-corrected chi connectivity index (χ2v) is 3.31. The van der Waals surface area contributed by atoms with E-state index in [1.54, 1.807) is 12.1 Å². The van der Waals surface area contributed by atoms with Crippen molar-refractivity contribution in [3.05, 3.63) is 35.9 Å². The molecule has 1 rings (SSSR count). The number of carbonyl (C=O) groups excluding carboxylic acids is 2. The summed E-state index contributed by atoms with van der Waals surface area (Å²) in [5.41, 5.74) is 10.5. The molecule has 1 aromatic rings. The van der Waals surface area contributed by atoms with E-state index in [-0.39, 0.29) is 5.84 Å². The van der Waals surface area contributed by atoms with E-state index in [0.717, 1.165) is 5.56 Å². The Hall–Kier alpha value is -1.47. The van der Waals surface area contributed by atoms with Crippen molar-refractivity contribution in [2.75, 3.05) is 0 Å². The number of carbonyl (C=O) groups is 2. The molecular weight excluding hydrogens is 270 g/mol. The van der Waals surface area contributed by atoms with E-state index in [2.05, 4.69) is 36.0 Å². The van der Waals surface area contributed by atoms with Gasteiger partial charge in [-0.2, -0.15) is 4.99 Å². The van der Waals surface area contributed by atoms with Gasteiger partial charge in [0.05, 0.1) is 0 Å².